The molecule has 1 rings (SSSR count). The summed E-state index contributed by atoms with van der Waals surface area (Å²) in [4.78, 5) is 24.8. The van der Waals surface area contributed by atoms with Crippen molar-refractivity contribution in [3.8, 4) is 0 Å². The number of amides is 1. The normalized spacial score (nSPS) is 12.4. The highest BCUT2D eigenvalue weighted by atomic mass is 16.5. The van der Waals surface area contributed by atoms with Crippen LogP contribution >= 0.6 is 0 Å². The Bertz CT molecular complexity index is 468. The van der Waals surface area contributed by atoms with Crippen LogP contribution in [0.25, 0.3) is 0 Å². The molecule has 0 aliphatic heterocycles. The van der Waals surface area contributed by atoms with Gasteiger partial charge in [-0.15, -0.1) is 0 Å². The summed E-state index contributed by atoms with van der Waals surface area (Å²) in [6.07, 6.45) is -1.07. The van der Waals surface area contributed by atoms with Gasteiger partial charge in [0.2, 0.25) is 0 Å². The smallest absolute Gasteiger partial charge is 0.334 e. The molecule has 0 fully saturated rings. The maximum Gasteiger partial charge on any atom is 0.334 e. The van der Waals surface area contributed by atoms with Gasteiger partial charge in [0.15, 0.2) is 11.9 Å². The van der Waals surface area contributed by atoms with Crippen LogP contribution in [0.3, 0.4) is 0 Å². The van der Waals surface area contributed by atoms with Gasteiger partial charge in [0.05, 0.1) is 13.1 Å². The van der Waals surface area contributed by atoms with Crippen LogP contribution in [0, 0.1) is 0 Å². The summed E-state index contributed by atoms with van der Waals surface area (Å²) in [5, 5.41) is 11.3. The van der Waals surface area contributed by atoms with Gasteiger partial charge >= 0.3 is 5.97 Å². The number of aliphatic carboxylic acids is 1. The van der Waals surface area contributed by atoms with Gasteiger partial charge in [0, 0.05) is 7.11 Å². The minimum Gasteiger partial charge on any atom is -0.479 e. The fourth-order valence-electron chi connectivity index (χ4n) is 1.80. The molecule has 21 heavy (non-hydrogen) atoms. The number of rotatable bonds is 9. The van der Waals surface area contributed by atoms with Gasteiger partial charge in [-0.3, -0.25) is 9.69 Å². The molecule has 1 unspecified atom stereocenters. The minimum atomic E-state index is -1.13. The van der Waals surface area contributed by atoms with Crippen molar-refractivity contribution in [3.63, 3.8) is 0 Å². The van der Waals surface area contributed by atoms with Gasteiger partial charge in [-0.05, 0) is 25.2 Å². The van der Waals surface area contributed by atoms with E-state index in [0.717, 1.165) is 13.1 Å². The van der Waals surface area contributed by atoms with E-state index in [1.807, 2.05) is 0 Å². The highest BCUT2D eigenvalue weighted by Gasteiger charge is 2.19. The third kappa shape index (κ3) is 5.20. The lowest BCUT2D eigenvalue weighted by molar-refractivity contribution is -0.148. The van der Waals surface area contributed by atoms with Crippen molar-refractivity contribution < 1.29 is 23.8 Å². The predicted molar refractivity (Wildman–Crippen MR) is 76.1 cm³/mol. The molecule has 0 aromatic carbocycles. The largest absolute Gasteiger partial charge is 0.479 e. The summed E-state index contributed by atoms with van der Waals surface area (Å²) < 4.78 is 10.2. The molecule has 7 heteroatoms. The molecular weight excluding hydrogens is 276 g/mol. The highest BCUT2D eigenvalue weighted by molar-refractivity contribution is 5.91. The highest BCUT2D eigenvalue weighted by Crippen LogP contribution is 2.10. The van der Waals surface area contributed by atoms with Crippen LogP contribution in [0.2, 0.25) is 0 Å². The number of carbonyl (C=O) groups is 2. The molecular formula is C14H22N2O5. The van der Waals surface area contributed by atoms with E-state index in [0.29, 0.717) is 12.3 Å². The fourth-order valence-corrected chi connectivity index (χ4v) is 1.80. The summed E-state index contributed by atoms with van der Waals surface area (Å²) >= 11 is 0. The van der Waals surface area contributed by atoms with Gasteiger partial charge in [-0.2, -0.15) is 0 Å². The molecule has 1 heterocycles. The minimum absolute atomic E-state index is 0.114. The Morgan fingerprint density at radius 3 is 2.57 bits per heavy atom. The SMILES string of the molecule is CCN(CC)Cc1ccc(C(=O)NCC(OC)C(=O)O)o1. The standard InChI is InChI=1S/C14H22N2O5/c1-4-16(5-2)9-10-6-7-11(21-10)13(17)15-8-12(20-3)14(18)19/h6-7,12H,4-5,8-9H2,1-3H3,(H,15,17)(H,18,19). The quantitative estimate of drug-likeness (QED) is 0.705. The zero-order valence-corrected chi connectivity index (χ0v) is 12.6. The second-order valence-electron chi connectivity index (χ2n) is 4.50. The molecule has 1 amide bonds. The van der Waals surface area contributed by atoms with E-state index in [1.165, 1.54) is 7.11 Å². The average molecular weight is 298 g/mol. The third-order valence-corrected chi connectivity index (χ3v) is 3.17. The van der Waals surface area contributed by atoms with Crippen molar-refractivity contribution in [1.82, 2.24) is 10.2 Å². The second kappa shape index (κ2) is 8.43. The van der Waals surface area contributed by atoms with Gasteiger partial charge in [-0.1, -0.05) is 13.8 Å². The number of ether oxygens (including phenoxy) is 1. The van der Waals surface area contributed by atoms with Crippen LogP contribution in [-0.4, -0.2) is 54.7 Å². The number of nitrogens with one attached hydrogen (secondary N) is 1. The van der Waals surface area contributed by atoms with Crippen molar-refractivity contribution in [2.45, 2.75) is 26.5 Å². The Balaban J connectivity index is 2.55. The van der Waals surface area contributed by atoms with Crippen LogP contribution in [0.15, 0.2) is 16.5 Å². The number of carbonyl (C=O) groups excluding carboxylic acids is 1. The van der Waals surface area contributed by atoms with Gasteiger partial charge in [0.1, 0.15) is 5.76 Å². The zero-order chi connectivity index (χ0) is 15.8. The van der Waals surface area contributed by atoms with E-state index in [2.05, 4.69) is 24.1 Å². The molecule has 118 valence electrons. The van der Waals surface area contributed by atoms with Crippen molar-refractivity contribution >= 4 is 11.9 Å². The van der Waals surface area contributed by atoms with Crippen molar-refractivity contribution in [2.24, 2.45) is 0 Å². The Kier molecular flexibility index (Phi) is 6.90. The van der Waals surface area contributed by atoms with Crippen LogP contribution < -0.4 is 5.32 Å². The molecule has 0 aliphatic rings. The summed E-state index contributed by atoms with van der Waals surface area (Å²) in [6, 6.07) is 3.33. The summed E-state index contributed by atoms with van der Waals surface area (Å²) in [7, 11) is 1.28. The Hall–Kier alpha value is -1.86. The molecule has 0 saturated carbocycles. The molecule has 7 nitrogen and oxygen atoms in total. The molecule has 1 atom stereocenters. The van der Waals surface area contributed by atoms with Crippen molar-refractivity contribution in [2.75, 3.05) is 26.7 Å². The van der Waals surface area contributed by atoms with Crippen LogP contribution in [-0.2, 0) is 16.1 Å². The average Bonchev–Trinajstić information content (AvgIpc) is 2.93. The van der Waals surface area contributed by atoms with Crippen molar-refractivity contribution in [3.05, 3.63) is 23.7 Å². The maximum atomic E-state index is 11.9. The first-order valence-corrected chi connectivity index (χ1v) is 6.86. The number of carboxylic acid groups (broad SMARTS) is 1. The molecule has 0 radical (unpaired) electrons. The first kappa shape index (κ1) is 17.2. The van der Waals surface area contributed by atoms with Crippen LogP contribution in [0.5, 0.6) is 0 Å². The first-order valence-electron chi connectivity index (χ1n) is 6.86. The second-order valence-corrected chi connectivity index (χ2v) is 4.50. The molecule has 0 saturated heterocycles. The molecule has 2 N–H and O–H groups in total. The lowest BCUT2D eigenvalue weighted by Crippen LogP contribution is -2.37. The van der Waals surface area contributed by atoms with Crippen LogP contribution in [0.1, 0.15) is 30.2 Å². The van der Waals surface area contributed by atoms with E-state index in [9.17, 15) is 9.59 Å². The zero-order valence-electron chi connectivity index (χ0n) is 12.6. The predicted octanol–water partition coefficient (Wildman–Crippen LogP) is 0.951. The van der Waals surface area contributed by atoms with E-state index >= 15 is 0 Å². The Morgan fingerprint density at radius 2 is 2.05 bits per heavy atom. The van der Waals surface area contributed by atoms with Crippen molar-refractivity contribution in [1.29, 1.82) is 0 Å². The Morgan fingerprint density at radius 1 is 1.38 bits per heavy atom. The first-order chi connectivity index (χ1) is 10.0. The fraction of sp³-hybridized carbons (Fsp3) is 0.571. The number of hydrogen-bond acceptors (Lipinski definition) is 5. The summed E-state index contributed by atoms with van der Waals surface area (Å²) in [6.45, 7) is 6.42. The molecule has 0 bridgehead atoms. The number of carboxylic acids is 1. The lowest BCUT2D eigenvalue weighted by atomic mass is 10.3. The molecule has 0 spiro atoms. The van der Waals surface area contributed by atoms with Gasteiger partial charge in [0.25, 0.3) is 5.91 Å². The lowest BCUT2D eigenvalue weighted by Gasteiger charge is -2.15. The number of methoxy groups -OCH3 is 1. The molecule has 1 aromatic heterocycles. The number of nitrogens with zero attached hydrogens (tertiary/aromatic N) is 1. The number of furan rings is 1. The molecule has 0 aliphatic carbocycles. The maximum absolute atomic E-state index is 11.9. The van der Waals surface area contributed by atoms with E-state index in [-0.39, 0.29) is 12.3 Å². The summed E-state index contributed by atoms with van der Waals surface area (Å²) in [5.74, 6) is -0.716. The van der Waals surface area contributed by atoms with Gasteiger partial charge < -0.3 is 19.6 Å². The van der Waals surface area contributed by atoms with Gasteiger partial charge in [-0.25, -0.2) is 4.79 Å². The van der Waals surface area contributed by atoms with E-state index < -0.39 is 18.0 Å². The van der Waals surface area contributed by atoms with Crippen LogP contribution in [0.4, 0.5) is 0 Å². The Labute approximate surface area is 123 Å². The monoisotopic (exact) mass is 298 g/mol. The van der Waals surface area contributed by atoms with E-state index in [4.69, 9.17) is 14.3 Å². The third-order valence-electron chi connectivity index (χ3n) is 3.17. The molecule has 1 aromatic rings. The number of hydrogen-bond donors (Lipinski definition) is 2. The topological polar surface area (TPSA) is 92.0 Å². The summed E-state index contributed by atoms with van der Waals surface area (Å²) in [5.41, 5.74) is 0. The van der Waals surface area contributed by atoms with E-state index in [1.54, 1.807) is 12.1 Å².